The number of rotatable bonds is 7. The molecule has 7 heteroatoms. The van der Waals surface area contributed by atoms with Crippen LogP contribution in [0.1, 0.15) is 23.5 Å². The Kier molecular flexibility index (Phi) is 6.61. The van der Waals surface area contributed by atoms with Crippen molar-refractivity contribution in [2.24, 2.45) is 0 Å². The lowest BCUT2D eigenvalue weighted by molar-refractivity contribution is -0.148. The number of aromatic nitrogens is 1. The molecule has 6 nitrogen and oxygen atoms in total. The molecular formula is C22H22N2O4S. The van der Waals surface area contributed by atoms with Crippen molar-refractivity contribution in [2.75, 3.05) is 20.8 Å². The second kappa shape index (κ2) is 9.34. The summed E-state index contributed by atoms with van der Waals surface area (Å²) in [5.74, 6) is -0.238. The van der Waals surface area contributed by atoms with Crippen molar-refractivity contribution >= 4 is 39.5 Å². The lowest BCUT2D eigenvalue weighted by Crippen LogP contribution is -2.33. The first-order valence-corrected chi connectivity index (χ1v) is 9.90. The number of carbonyl (C=O) groups is 2. The molecular weight excluding hydrogens is 388 g/mol. The Morgan fingerprint density at radius 1 is 1.17 bits per heavy atom. The number of thiazole rings is 1. The highest BCUT2D eigenvalue weighted by molar-refractivity contribution is 7.18. The molecule has 0 aliphatic heterocycles. The molecule has 0 saturated carbocycles. The lowest BCUT2D eigenvalue weighted by atomic mass is 10.2. The van der Waals surface area contributed by atoms with Crippen molar-refractivity contribution in [2.45, 2.75) is 13.0 Å². The zero-order valence-corrected chi connectivity index (χ0v) is 17.3. The molecule has 1 aromatic heterocycles. The summed E-state index contributed by atoms with van der Waals surface area (Å²) in [6.07, 6.45) is 2.88. The van der Waals surface area contributed by atoms with Gasteiger partial charge in [0.25, 0.3) is 5.91 Å². The number of fused-ring (bicyclic) bond motifs is 1. The molecule has 0 bridgehead atoms. The van der Waals surface area contributed by atoms with Gasteiger partial charge in [-0.3, -0.25) is 4.79 Å². The topological polar surface area (TPSA) is 68.7 Å². The summed E-state index contributed by atoms with van der Waals surface area (Å²) >= 11 is 1.55. The molecule has 1 amide bonds. The standard InChI is InChI=1S/C22H22N2O4S/c1-15(22-23-17-9-5-7-11-19(17)29-22)24(2)20(25)14-28-21(26)13-12-16-8-4-6-10-18(16)27-3/h4-13,15H,14H2,1-3H3/b13-12+/t15-/m1/s1. The molecule has 0 aliphatic carbocycles. The van der Waals surface area contributed by atoms with Gasteiger partial charge >= 0.3 is 5.97 Å². The van der Waals surface area contributed by atoms with Crippen molar-refractivity contribution in [3.63, 3.8) is 0 Å². The average molecular weight is 410 g/mol. The van der Waals surface area contributed by atoms with Gasteiger partial charge < -0.3 is 14.4 Å². The molecule has 3 rings (SSSR count). The number of carbonyl (C=O) groups excluding carboxylic acids is 2. The normalized spacial score (nSPS) is 12.1. The molecule has 0 unspecified atom stereocenters. The number of ether oxygens (including phenoxy) is 2. The van der Waals surface area contributed by atoms with Crippen LogP contribution < -0.4 is 4.74 Å². The van der Waals surface area contributed by atoms with E-state index in [1.165, 1.54) is 11.0 Å². The predicted molar refractivity (Wildman–Crippen MR) is 114 cm³/mol. The average Bonchev–Trinajstić information content (AvgIpc) is 3.19. The van der Waals surface area contributed by atoms with E-state index in [1.807, 2.05) is 49.4 Å². The summed E-state index contributed by atoms with van der Waals surface area (Å²) in [6, 6.07) is 14.9. The lowest BCUT2D eigenvalue weighted by Gasteiger charge is -2.22. The van der Waals surface area contributed by atoms with Gasteiger partial charge in [-0.25, -0.2) is 9.78 Å². The monoisotopic (exact) mass is 410 g/mol. The molecule has 0 N–H and O–H groups in total. The molecule has 0 radical (unpaired) electrons. The van der Waals surface area contributed by atoms with Crippen LogP contribution in [0.5, 0.6) is 5.75 Å². The number of benzene rings is 2. The van der Waals surface area contributed by atoms with Gasteiger partial charge in [0.15, 0.2) is 6.61 Å². The van der Waals surface area contributed by atoms with Crippen LogP contribution in [0, 0.1) is 0 Å². The number of hydrogen-bond acceptors (Lipinski definition) is 6. The van der Waals surface area contributed by atoms with E-state index in [0.717, 1.165) is 20.8 Å². The minimum absolute atomic E-state index is 0.220. The van der Waals surface area contributed by atoms with Crippen molar-refractivity contribution in [1.82, 2.24) is 9.88 Å². The molecule has 3 aromatic rings. The van der Waals surface area contributed by atoms with Crippen LogP contribution in [0.15, 0.2) is 54.6 Å². The molecule has 29 heavy (non-hydrogen) atoms. The maximum absolute atomic E-state index is 12.4. The second-order valence-corrected chi connectivity index (χ2v) is 7.45. The Balaban J connectivity index is 1.56. The zero-order chi connectivity index (χ0) is 20.8. The van der Waals surface area contributed by atoms with Crippen LogP contribution in [0.2, 0.25) is 0 Å². The molecule has 1 atom stereocenters. The third-order valence-corrected chi connectivity index (χ3v) is 5.72. The molecule has 2 aromatic carbocycles. The van der Waals surface area contributed by atoms with Gasteiger partial charge in [-0.15, -0.1) is 11.3 Å². The van der Waals surface area contributed by atoms with Gasteiger partial charge in [-0.2, -0.15) is 0 Å². The largest absolute Gasteiger partial charge is 0.496 e. The smallest absolute Gasteiger partial charge is 0.331 e. The third kappa shape index (κ3) is 5.00. The summed E-state index contributed by atoms with van der Waals surface area (Å²) in [6.45, 7) is 1.57. The highest BCUT2D eigenvalue weighted by atomic mass is 32.1. The summed E-state index contributed by atoms with van der Waals surface area (Å²) < 4.78 is 11.4. The number of methoxy groups -OCH3 is 1. The van der Waals surface area contributed by atoms with Crippen molar-refractivity contribution in [1.29, 1.82) is 0 Å². The summed E-state index contributed by atoms with van der Waals surface area (Å²) in [4.78, 5) is 30.5. The Hall–Kier alpha value is -3.19. The Morgan fingerprint density at radius 3 is 2.66 bits per heavy atom. The van der Waals surface area contributed by atoms with Gasteiger partial charge in [0.1, 0.15) is 10.8 Å². The molecule has 0 fully saturated rings. The first-order chi connectivity index (χ1) is 14.0. The Morgan fingerprint density at radius 2 is 1.90 bits per heavy atom. The van der Waals surface area contributed by atoms with E-state index in [1.54, 1.807) is 37.6 Å². The van der Waals surface area contributed by atoms with E-state index < -0.39 is 5.97 Å². The van der Waals surface area contributed by atoms with Gasteiger partial charge in [0.2, 0.25) is 0 Å². The predicted octanol–water partition coefficient (Wildman–Crippen LogP) is 4.08. The summed E-state index contributed by atoms with van der Waals surface area (Å²) in [5, 5.41) is 0.837. The first kappa shape index (κ1) is 20.5. The third-order valence-electron chi connectivity index (χ3n) is 4.52. The van der Waals surface area contributed by atoms with Crippen molar-refractivity contribution in [3.8, 4) is 5.75 Å². The van der Waals surface area contributed by atoms with Crippen molar-refractivity contribution in [3.05, 3.63) is 65.2 Å². The zero-order valence-electron chi connectivity index (χ0n) is 16.5. The van der Waals surface area contributed by atoms with Crippen LogP contribution in [0.4, 0.5) is 0 Å². The second-order valence-electron chi connectivity index (χ2n) is 6.38. The van der Waals surface area contributed by atoms with Gasteiger partial charge in [-0.1, -0.05) is 30.3 Å². The highest BCUT2D eigenvalue weighted by Gasteiger charge is 2.21. The summed E-state index contributed by atoms with van der Waals surface area (Å²) in [7, 11) is 3.24. The fraction of sp³-hybridized carbons (Fsp3) is 0.227. The fourth-order valence-electron chi connectivity index (χ4n) is 2.70. The number of nitrogens with zero attached hydrogens (tertiary/aromatic N) is 2. The maximum atomic E-state index is 12.4. The highest BCUT2D eigenvalue weighted by Crippen LogP contribution is 2.28. The van der Waals surface area contributed by atoms with Crippen LogP contribution in [-0.2, 0) is 14.3 Å². The van der Waals surface area contributed by atoms with Gasteiger partial charge in [0.05, 0.1) is 23.4 Å². The van der Waals surface area contributed by atoms with Crippen LogP contribution in [0.25, 0.3) is 16.3 Å². The van der Waals surface area contributed by atoms with E-state index >= 15 is 0 Å². The van der Waals surface area contributed by atoms with E-state index in [9.17, 15) is 9.59 Å². The summed E-state index contributed by atoms with van der Waals surface area (Å²) in [5.41, 5.74) is 1.66. The molecule has 0 saturated heterocycles. The molecule has 0 aliphatic rings. The van der Waals surface area contributed by atoms with Crippen LogP contribution in [0.3, 0.4) is 0 Å². The quantitative estimate of drug-likeness (QED) is 0.434. The van der Waals surface area contributed by atoms with Gasteiger partial charge in [-0.05, 0) is 31.2 Å². The number of esters is 1. The van der Waals surface area contributed by atoms with Crippen LogP contribution >= 0.6 is 11.3 Å². The number of para-hydroxylation sites is 2. The minimum atomic E-state index is -0.592. The van der Waals surface area contributed by atoms with Gasteiger partial charge in [0, 0.05) is 18.7 Å². The van der Waals surface area contributed by atoms with E-state index in [4.69, 9.17) is 9.47 Å². The minimum Gasteiger partial charge on any atom is -0.496 e. The SMILES string of the molecule is COc1ccccc1/C=C/C(=O)OCC(=O)N(C)[C@H](C)c1nc2ccccc2s1. The maximum Gasteiger partial charge on any atom is 0.331 e. The van der Waals surface area contributed by atoms with E-state index in [2.05, 4.69) is 4.98 Å². The van der Waals surface area contributed by atoms with E-state index in [-0.39, 0.29) is 18.6 Å². The number of likely N-dealkylation sites (N-methyl/N-ethyl adjacent to an activating group) is 1. The number of hydrogen-bond donors (Lipinski definition) is 0. The van der Waals surface area contributed by atoms with Crippen LogP contribution in [-0.4, -0.2) is 42.5 Å². The molecule has 1 heterocycles. The van der Waals surface area contributed by atoms with Crippen molar-refractivity contribution < 1.29 is 19.1 Å². The Labute approximate surface area is 173 Å². The van der Waals surface area contributed by atoms with E-state index in [0.29, 0.717) is 5.75 Å². The number of amides is 1. The molecule has 150 valence electrons. The molecule has 0 spiro atoms. The Bertz CT molecular complexity index is 1010. The first-order valence-electron chi connectivity index (χ1n) is 9.08. The fourth-order valence-corrected chi connectivity index (χ4v) is 3.76.